The number of amidine groups is 1. The van der Waals surface area contributed by atoms with E-state index in [1.54, 1.807) is 0 Å². The smallest absolute Gasteiger partial charge is 0.226 e. The van der Waals surface area contributed by atoms with E-state index in [9.17, 15) is 9.18 Å². The summed E-state index contributed by atoms with van der Waals surface area (Å²) in [6.45, 7) is 0. The number of carbonyl (C=O) groups excluding carboxylic acids is 1. The molecule has 0 saturated carbocycles. The maximum absolute atomic E-state index is 13.3. The van der Waals surface area contributed by atoms with Crippen LogP contribution in [-0.2, 0) is 11.2 Å². The average molecular weight is 511 g/mol. The van der Waals surface area contributed by atoms with E-state index in [1.165, 1.54) is 18.2 Å². The SMILES string of the molecule is NC(=Nc1ccc(F)c(Br)c1)c1nonc1NC(=O)CCc1cccc(Br)c1. The third-order valence-electron chi connectivity index (χ3n) is 3.67. The van der Waals surface area contributed by atoms with Crippen LogP contribution in [0.5, 0.6) is 0 Å². The van der Waals surface area contributed by atoms with Crippen molar-refractivity contribution in [1.29, 1.82) is 0 Å². The van der Waals surface area contributed by atoms with Gasteiger partial charge >= 0.3 is 0 Å². The molecule has 1 amide bonds. The van der Waals surface area contributed by atoms with Gasteiger partial charge in [-0.1, -0.05) is 28.1 Å². The lowest BCUT2D eigenvalue weighted by Crippen LogP contribution is -2.19. The number of hydrogen-bond acceptors (Lipinski definition) is 5. The largest absolute Gasteiger partial charge is 0.382 e. The summed E-state index contributed by atoms with van der Waals surface area (Å²) in [4.78, 5) is 16.4. The first-order valence-corrected chi connectivity index (χ1v) is 9.67. The molecule has 0 aliphatic heterocycles. The van der Waals surface area contributed by atoms with Crippen molar-refractivity contribution in [3.05, 3.63) is 68.5 Å². The third-order valence-corrected chi connectivity index (χ3v) is 4.77. The molecule has 0 fully saturated rings. The third kappa shape index (κ3) is 5.23. The summed E-state index contributed by atoms with van der Waals surface area (Å²) in [6, 6.07) is 11.9. The van der Waals surface area contributed by atoms with Crippen molar-refractivity contribution in [1.82, 2.24) is 10.3 Å². The average Bonchev–Trinajstić information content (AvgIpc) is 3.11. The lowest BCUT2D eigenvalue weighted by atomic mass is 10.1. The van der Waals surface area contributed by atoms with Crippen LogP contribution in [0.15, 0.2) is 61.0 Å². The molecule has 28 heavy (non-hydrogen) atoms. The normalized spacial score (nSPS) is 11.5. The van der Waals surface area contributed by atoms with Gasteiger partial charge in [-0.3, -0.25) is 4.79 Å². The minimum Gasteiger partial charge on any atom is -0.382 e. The second kappa shape index (κ2) is 9.07. The number of hydrogen-bond donors (Lipinski definition) is 2. The van der Waals surface area contributed by atoms with Gasteiger partial charge in [-0.05, 0) is 68.6 Å². The van der Waals surface area contributed by atoms with Crippen molar-refractivity contribution in [2.75, 3.05) is 5.32 Å². The molecule has 3 N–H and O–H groups in total. The number of halogens is 3. The predicted octanol–water partition coefficient (Wildman–Crippen LogP) is 4.34. The number of aryl methyl sites for hydroxylation is 1. The number of nitrogens with two attached hydrogens (primary N) is 1. The number of carbonyl (C=O) groups is 1. The number of rotatable bonds is 6. The van der Waals surface area contributed by atoms with Gasteiger partial charge < -0.3 is 11.1 Å². The van der Waals surface area contributed by atoms with E-state index in [0.29, 0.717) is 12.1 Å². The van der Waals surface area contributed by atoms with Gasteiger partial charge in [0.05, 0.1) is 10.2 Å². The molecule has 0 aliphatic rings. The first-order chi connectivity index (χ1) is 13.4. The molecule has 1 aromatic heterocycles. The van der Waals surface area contributed by atoms with Crippen LogP contribution in [0.1, 0.15) is 17.7 Å². The van der Waals surface area contributed by atoms with Crippen LogP contribution < -0.4 is 11.1 Å². The first-order valence-electron chi connectivity index (χ1n) is 8.09. The Hall–Kier alpha value is -2.59. The highest BCUT2D eigenvalue weighted by atomic mass is 79.9. The second-order valence-corrected chi connectivity index (χ2v) is 7.51. The van der Waals surface area contributed by atoms with Crippen molar-refractivity contribution in [3.8, 4) is 0 Å². The van der Waals surface area contributed by atoms with Crippen LogP contribution in [0.4, 0.5) is 15.9 Å². The Morgan fingerprint density at radius 1 is 1.21 bits per heavy atom. The first kappa shape index (κ1) is 20.2. The Kier molecular flexibility index (Phi) is 6.53. The standard InChI is InChI=1S/C18H14Br2FN5O2/c19-11-3-1-2-10(8-11)4-7-15(27)24-18-16(25-28-26-18)17(22)23-12-5-6-14(21)13(20)9-12/h1-3,5-6,8-9H,4,7H2,(H2,22,23)(H,24,26,27). The summed E-state index contributed by atoms with van der Waals surface area (Å²) in [6.07, 6.45) is 0.795. The van der Waals surface area contributed by atoms with E-state index in [2.05, 4.69) is 57.1 Å². The molecule has 0 unspecified atom stereocenters. The van der Waals surface area contributed by atoms with Crippen molar-refractivity contribution in [2.24, 2.45) is 10.7 Å². The van der Waals surface area contributed by atoms with Crippen LogP contribution in [0, 0.1) is 5.82 Å². The van der Waals surface area contributed by atoms with Gasteiger partial charge in [0.2, 0.25) is 11.7 Å². The Bertz CT molecular complexity index is 1040. The number of aliphatic imine (C=N–C) groups is 1. The molecule has 0 aliphatic carbocycles. The molecule has 144 valence electrons. The molecule has 0 radical (unpaired) electrons. The monoisotopic (exact) mass is 509 g/mol. The molecule has 0 spiro atoms. The summed E-state index contributed by atoms with van der Waals surface area (Å²) >= 11 is 6.48. The van der Waals surface area contributed by atoms with Gasteiger partial charge in [0.1, 0.15) is 5.82 Å². The lowest BCUT2D eigenvalue weighted by molar-refractivity contribution is -0.116. The van der Waals surface area contributed by atoms with Gasteiger partial charge in [-0.15, -0.1) is 0 Å². The summed E-state index contributed by atoms with van der Waals surface area (Å²) in [5, 5.41) is 9.97. The fourth-order valence-corrected chi connectivity index (χ4v) is 3.14. The number of nitrogens with one attached hydrogen (secondary N) is 1. The number of nitrogens with zero attached hydrogens (tertiary/aromatic N) is 3. The van der Waals surface area contributed by atoms with Crippen molar-refractivity contribution < 1.29 is 13.8 Å². The van der Waals surface area contributed by atoms with Crippen molar-refractivity contribution >= 4 is 55.1 Å². The second-order valence-electron chi connectivity index (χ2n) is 5.73. The predicted molar refractivity (Wildman–Crippen MR) is 110 cm³/mol. The zero-order valence-electron chi connectivity index (χ0n) is 14.3. The number of aromatic nitrogens is 2. The highest BCUT2D eigenvalue weighted by molar-refractivity contribution is 9.10. The Balaban J connectivity index is 1.68. The van der Waals surface area contributed by atoms with E-state index in [-0.39, 0.29) is 34.1 Å². The number of benzene rings is 2. The Morgan fingerprint density at radius 2 is 2.04 bits per heavy atom. The van der Waals surface area contributed by atoms with E-state index >= 15 is 0 Å². The van der Waals surface area contributed by atoms with Gasteiger partial charge in [-0.25, -0.2) is 14.0 Å². The molecule has 2 aromatic carbocycles. The molecule has 0 saturated heterocycles. The van der Waals surface area contributed by atoms with E-state index in [0.717, 1.165) is 10.0 Å². The van der Waals surface area contributed by atoms with Crippen LogP contribution in [-0.4, -0.2) is 22.1 Å². The summed E-state index contributed by atoms with van der Waals surface area (Å²) in [7, 11) is 0. The van der Waals surface area contributed by atoms with Crippen LogP contribution in [0.25, 0.3) is 0 Å². The molecule has 10 heteroatoms. The molecule has 3 rings (SSSR count). The summed E-state index contributed by atoms with van der Waals surface area (Å²) in [5.74, 6) is -0.642. The van der Waals surface area contributed by atoms with Gasteiger partial charge in [0, 0.05) is 10.9 Å². The van der Waals surface area contributed by atoms with E-state index < -0.39 is 5.82 Å². The fourth-order valence-electron chi connectivity index (χ4n) is 2.33. The van der Waals surface area contributed by atoms with E-state index in [1.807, 2.05) is 24.3 Å². The Labute approximate surface area is 176 Å². The molecule has 3 aromatic rings. The molecule has 0 bridgehead atoms. The lowest BCUT2D eigenvalue weighted by Gasteiger charge is -2.04. The number of anilines is 1. The number of amides is 1. The van der Waals surface area contributed by atoms with Crippen LogP contribution in [0.3, 0.4) is 0 Å². The topological polar surface area (TPSA) is 106 Å². The van der Waals surface area contributed by atoms with Gasteiger partial charge in [-0.2, -0.15) is 0 Å². The Morgan fingerprint density at radius 3 is 2.79 bits per heavy atom. The van der Waals surface area contributed by atoms with Gasteiger partial charge in [0.15, 0.2) is 11.5 Å². The maximum Gasteiger partial charge on any atom is 0.226 e. The maximum atomic E-state index is 13.3. The summed E-state index contributed by atoms with van der Waals surface area (Å²) in [5.41, 5.74) is 7.46. The highest BCUT2D eigenvalue weighted by Gasteiger charge is 2.17. The van der Waals surface area contributed by atoms with Crippen molar-refractivity contribution in [2.45, 2.75) is 12.8 Å². The highest BCUT2D eigenvalue weighted by Crippen LogP contribution is 2.23. The summed E-state index contributed by atoms with van der Waals surface area (Å²) < 4.78 is 19.2. The van der Waals surface area contributed by atoms with Crippen molar-refractivity contribution in [3.63, 3.8) is 0 Å². The molecular weight excluding hydrogens is 497 g/mol. The zero-order chi connectivity index (χ0) is 20.1. The zero-order valence-corrected chi connectivity index (χ0v) is 17.5. The minimum atomic E-state index is -0.418. The molecular formula is C18H14Br2FN5O2. The molecule has 7 nitrogen and oxygen atoms in total. The quantitative estimate of drug-likeness (QED) is 0.379. The van der Waals surface area contributed by atoms with Crippen LogP contribution in [0.2, 0.25) is 0 Å². The molecule has 1 heterocycles. The van der Waals surface area contributed by atoms with E-state index in [4.69, 9.17) is 5.73 Å². The fraction of sp³-hybridized carbons (Fsp3) is 0.111. The van der Waals surface area contributed by atoms with Crippen LogP contribution >= 0.6 is 31.9 Å². The van der Waals surface area contributed by atoms with Gasteiger partial charge in [0.25, 0.3) is 0 Å². The minimum absolute atomic E-state index is 0.0259. The molecule has 0 atom stereocenters.